The van der Waals surface area contributed by atoms with E-state index < -0.39 is 0 Å². The largest absolute Gasteiger partial charge is 0.494 e. The Hall–Kier alpha value is -4.14. The first-order valence-electron chi connectivity index (χ1n) is 11.8. The first-order chi connectivity index (χ1) is 17.4. The molecule has 1 aromatic carbocycles. The van der Waals surface area contributed by atoms with Gasteiger partial charge in [-0.15, -0.1) is 0 Å². The Labute approximate surface area is 208 Å². The topological polar surface area (TPSA) is 99.4 Å². The lowest BCUT2D eigenvalue weighted by atomic mass is 9.72. The van der Waals surface area contributed by atoms with Crippen LogP contribution < -0.4 is 15.4 Å². The summed E-state index contributed by atoms with van der Waals surface area (Å²) in [5.41, 5.74) is 3.85. The minimum Gasteiger partial charge on any atom is -0.494 e. The molecule has 2 aromatic heterocycles. The summed E-state index contributed by atoms with van der Waals surface area (Å²) in [7, 11) is 1.56. The number of carbonyl (C=O) groups excluding carboxylic acids is 2. The van der Waals surface area contributed by atoms with Gasteiger partial charge in [-0.3, -0.25) is 14.6 Å². The number of anilines is 2. The Balaban J connectivity index is 1.68. The van der Waals surface area contributed by atoms with Crippen molar-refractivity contribution in [1.82, 2.24) is 20.2 Å². The number of aromatic nitrogens is 2. The van der Waals surface area contributed by atoms with E-state index in [2.05, 4.69) is 27.2 Å². The zero-order chi connectivity index (χ0) is 25.4. The van der Waals surface area contributed by atoms with Crippen molar-refractivity contribution >= 4 is 23.2 Å². The maximum atomic E-state index is 14.4. The fraction of sp³-hybridized carbons (Fsp3) is 0.296. The van der Waals surface area contributed by atoms with E-state index >= 15 is 0 Å². The smallest absolute Gasteiger partial charge is 0.255 e. The molecule has 5 rings (SSSR count). The van der Waals surface area contributed by atoms with E-state index in [0.717, 1.165) is 11.3 Å². The quantitative estimate of drug-likeness (QED) is 0.470. The third-order valence-electron chi connectivity index (χ3n) is 7.35. The SMILES string of the molecule is C=CC(=O)N1CCC2(CC1)CNC(=O)c1c2[nH]c(-c2ccncc2OC)c1Nc1cccc(F)c1C. The normalized spacial score (nSPS) is 16.3. The summed E-state index contributed by atoms with van der Waals surface area (Å²) >= 11 is 0. The van der Waals surface area contributed by atoms with Crippen LogP contribution in [-0.4, -0.2) is 53.4 Å². The van der Waals surface area contributed by atoms with Gasteiger partial charge in [0, 0.05) is 53.8 Å². The molecule has 1 fully saturated rings. The summed E-state index contributed by atoms with van der Waals surface area (Å²) < 4.78 is 20.0. The van der Waals surface area contributed by atoms with E-state index in [1.165, 1.54) is 12.1 Å². The molecule has 0 unspecified atom stereocenters. The number of piperidine rings is 1. The molecule has 0 atom stereocenters. The minimum absolute atomic E-state index is 0.0949. The highest BCUT2D eigenvalue weighted by Crippen LogP contribution is 2.47. The number of amides is 2. The molecule has 1 saturated heterocycles. The van der Waals surface area contributed by atoms with Crippen molar-refractivity contribution in [3.05, 3.63) is 72.0 Å². The Bertz CT molecular complexity index is 1360. The average Bonchev–Trinajstić information content (AvgIpc) is 3.29. The van der Waals surface area contributed by atoms with Crippen molar-refractivity contribution in [2.75, 3.05) is 32.1 Å². The van der Waals surface area contributed by atoms with Gasteiger partial charge in [0.1, 0.15) is 11.6 Å². The number of hydrogen-bond donors (Lipinski definition) is 3. The summed E-state index contributed by atoms with van der Waals surface area (Å²) in [6.45, 7) is 6.86. The lowest BCUT2D eigenvalue weighted by Crippen LogP contribution is -2.53. The number of halogens is 1. The number of nitrogens with zero attached hydrogens (tertiary/aromatic N) is 2. The predicted octanol–water partition coefficient (Wildman–Crippen LogP) is 4.07. The van der Waals surface area contributed by atoms with Crippen LogP contribution in [-0.2, 0) is 10.2 Å². The molecule has 3 N–H and O–H groups in total. The molecule has 1 spiro atoms. The summed E-state index contributed by atoms with van der Waals surface area (Å²) in [5, 5.41) is 6.40. The van der Waals surface area contributed by atoms with Crippen LogP contribution in [0, 0.1) is 12.7 Å². The molecule has 9 heteroatoms. The van der Waals surface area contributed by atoms with Gasteiger partial charge in [-0.05, 0) is 44.0 Å². The molecular weight excluding hydrogens is 461 g/mol. The zero-order valence-corrected chi connectivity index (χ0v) is 20.3. The minimum atomic E-state index is -0.382. The van der Waals surface area contributed by atoms with E-state index in [1.807, 2.05) is 6.07 Å². The molecule has 0 radical (unpaired) electrons. The number of nitrogens with one attached hydrogen (secondary N) is 3. The standard InChI is InChI=1S/C27H28FN5O3/c1-4-21(34)33-12-9-27(10-13-33)15-30-26(35)22-24(31-19-7-5-6-18(28)16(19)2)23(32-25(22)27)17-8-11-29-14-20(17)36-3/h4-8,11,14,31-32H,1,9-10,12-13,15H2,2-3H3,(H,30,35). The monoisotopic (exact) mass is 489 g/mol. The van der Waals surface area contributed by atoms with Crippen LogP contribution in [0.25, 0.3) is 11.3 Å². The van der Waals surface area contributed by atoms with Crippen LogP contribution in [0.4, 0.5) is 15.8 Å². The summed E-state index contributed by atoms with van der Waals surface area (Å²) in [6, 6.07) is 6.63. The Morgan fingerprint density at radius 3 is 2.81 bits per heavy atom. The van der Waals surface area contributed by atoms with Crippen LogP contribution >= 0.6 is 0 Å². The van der Waals surface area contributed by atoms with E-state index in [-0.39, 0.29) is 23.0 Å². The van der Waals surface area contributed by atoms with Crippen LogP contribution in [0.5, 0.6) is 5.75 Å². The van der Waals surface area contributed by atoms with Gasteiger partial charge in [0.25, 0.3) is 5.91 Å². The molecule has 2 aliphatic heterocycles. The number of benzene rings is 1. The molecule has 0 bridgehead atoms. The van der Waals surface area contributed by atoms with Crippen molar-refractivity contribution in [1.29, 1.82) is 0 Å². The maximum absolute atomic E-state index is 14.4. The molecule has 186 valence electrons. The number of aromatic amines is 1. The molecule has 0 saturated carbocycles. The van der Waals surface area contributed by atoms with Crippen molar-refractivity contribution in [3.63, 3.8) is 0 Å². The van der Waals surface area contributed by atoms with Crippen molar-refractivity contribution in [3.8, 4) is 17.0 Å². The lowest BCUT2D eigenvalue weighted by molar-refractivity contribution is -0.127. The molecule has 2 amide bonds. The summed E-state index contributed by atoms with van der Waals surface area (Å²) in [4.78, 5) is 35.0. The number of hydrogen-bond acceptors (Lipinski definition) is 5. The first-order valence-corrected chi connectivity index (χ1v) is 11.8. The van der Waals surface area contributed by atoms with Gasteiger partial charge < -0.3 is 25.3 Å². The van der Waals surface area contributed by atoms with E-state index in [1.54, 1.807) is 43.5 Å². The van der Waals surface area contributed by atoms with Gasteiger partial charge in [-0.25, -0.2) is 4.39 Å². The highest BCUT2D eigenvalue weighted by atomic mass is 19.1. The number of likely N-dealkylation sites (tertiary alicyclic amines) is 1. The molecule has 4 heterocycles. The second-order valence-corrected chi connectivity index (χ2v) is 9.23. The zero-order valence-electron chi connectivity index (χ0n) is 20.3. The van der Waals surface area contributed by atoms with Crippen molar-refractivity contribution < 1.29 is 18.7 Å². The fourth-order valence-corrected chi connectivity index (χ4v) is 5.22. The van der Waals surface area contributed by atoms with Crippen LogP contribution in [0.3, 0.4) is 0 Å². The third kappa shape index (κ3) is 3.80. The number of rotatable bonds is 5. The van der Waals surface area contributed by atoms with Gasteiger partial charge in [0.2, 0.25) is 5.91 Å². The summed E-state index contributed by atoms with van der Waals surface area (Å²) in [5.74, 6) is -0.113. The number of pyridine rings is 1. The third-order valence-corrected chi connectivity index (χ3v) is 7.35. The highest BCUT2D eigenvalue weighted by molar-refractivity contribution is 6.07. The number of carbonyl (C=O) groups is 2. The fourth-order valence-electron chi connectivity index (χ4n) is 5.22. The second kappa shape index (κ2) is 9.14. The van der Waals surface area contributed by atoms with Crippen LogP contribution in [0.1, 0.15) is 34.5 Å². The first kappa shape index (κ1) is 23.6. The molecule has 36 heavy (non-hydrogen) atoms. The van der Waals surface area contributed by atoms with Crippen molar-refractivity contribution in [2.24, 2.45) is 0 Å². The second-order valence-electron chi connectivity index (χ2n) is 9.23. The maximum Gasteiger partial charge on any atom is 0.255 e. The van der Waals surface area contributed by atoms with Gasteiger partial charge in [0.15, 0.2) is 0 Å². The van der Waals surface area contributed by atoms with Crippen LogP contribution in [0.15, 0.2) is 49.3 Å². The number of methoxy groups -OCH3 is 1. The average molecular weight is 490 g/mol. The number of fused-ring (bicyclic) bond motifs is 2. The molecule has 8 nitrogen and oxygen atoms in total. The number of H-pyrrole nitrogens is 1. The Kier molecular flexibility index (Phi) is 5.99. The molecule has 0 aliphatic carbocycles. The van der Waals surface area contributed by atoms with Crippen LogP contribution in [0.2, 0.25) is 0 Å². The summed E-state index contributed by atoms with van der Waals surface area (Å²) in [6.07, 6.45) is 5.95. The number of ether oxygens (including phenoxy) is 1. The Morgan fingerprint density at radius 2 is 2.08 bits per heavy atom. The van der Waals surface area contributed by atoms with E-state index in [0.29, 0.717) is 66.4 Å². The highest BCUT2D eigenvalue weighted by Gasteiger charge is 2.46. The van der Waals surface area contributed by atoms with Crippen molar-refractivity contribution in [2.45, 2.75) is 25.2 Å². The van der Waals surface area contributed by atoms with Gasteiger partial charge in [0.05, 0.1) is 30.3 Å². The molecule has 2 aliphatic rings. The predicted molar refractivity (Wildman–Crippen MR) is 135 cm³/mol. The Morgan fingerprint density at radius 1 is 1.31 bits per heavy atom. The van der Waals surface area contributed by atoms with Gasteiger partial charge >= 0.3 is 0 Å². The van der Waals surface area contributed by atoms with E-state index in [4.69, 9.17) is 4.74 Å². The van der Waals surface area contributed by atoms with Gasteiger partial charge in [-0.2, -0.15) is 0 Å². The lowest BCUT2D eigenvalue weighted by Gasteiger charge is -2.43. The van der Waals surface area contributed by atoms with E-state index in [9.17, 15) is 14.0 Å². The van der Waals surface area contributed by atoms with Gasteiger partial charge in [-0.1, -0.05) is 12.6 Å². The molecule has 3 aromatic rings. The molecular formula is C27H28FN5O3.